The van der Waals surface area contributed by atoms with Gasteiger partial charge >= 0.3 is 12.3 Å². The van der Waals surface area contributed by atoms with E-state index in [0.717, 1.165) is 6.42 Å². The second-order valence-electron chi connectivity index (χ2n) is 9.10. The summed E-state index contributed by atoms with van der Waals surface area (Å²) < 4.78 is 72.6. The number of carbonyl (C=O) groups is 1. The quantitative estimate of drug-likeness (QED) is 0.366. The molecular weight excluding hydrogens is 549 g/mol. The molecule has 9 nitrogen and oxygen atoms in total. The van der Waals surface area contributed by atoms with Gasteiger partial charge < -0.3 is 14.6 Å². The van der Waals surface area contributed by atoms with Gasteiger partial charge in [0.2, 0.25) is 15.6 Å². The van der Waals surface area contributed by atoms with E-state index in [4.69, 9.17) is 4.74 Å². The van der Waals surface area contributed by atoms with Gasteiger partial charge in [-0.15, -0.1) is 0 Å². The van der Waals surface area contributed by atoms with Crippen LogP contribution in [0.15, 0.2) is 58.2 Å². The van der Waals surface area contributed by atoms with E-state index in [1.54, 1.807) is 19.9 Å². The number of nitrogens with one attached hydrogen (secondary N) is 2. The summed E-state index contributed by atoms with van der Waals surface area (Å²) in [7, 11) is -3.62. The number of hydrogen-bond donors (Lipinski definition) is 2. The maximum atomic E-state index is 13.6. The number of nitrogens with zero attached hydrogens (tertiary/aromatic N) is 2. The molecule has 2 N–H and O–H groups in total. The summed E-state index contributed by atoms with van der Waals surface area (Å²) in [6.07, 6.45) is -4.00. The predicted octanol–water partition coefficient (Wildman–Crippen LogP) is 5.43. The van der Waals surface area contributed by atoms with Crippen LogP contribution >= 0.6 is 0 Å². The predicted molar refractivity (Wildman–Crippen MR) is 148 cm³/mol. The van der Waals surface area contributed by atoms with Crippen molar-refractivity contribution < 1.29 is 31.1 Å². The average molecular weight is 583 g/mol. The van der Waals surface area contributed by atoms with E-state index >= 15 is 0 Å². The van der Waals surface area contributed by atoms with Gasteiger partial charge in [0, 0.05) is 48.0 Å². The molecule has 1 aliphatic rings. The van der Waals surface area contributed by atoms with Crippen LogP contribution in [0.4, 0.5) is 29.3 Å². The van der Waals surface area contributed by atoms with Crippen LogP contribution in [0, 0.1) is 0 Å². The Morgan fingerprint density at radius 1 is 1.12 bits per heavy atom. The summed E-state index contributed by atoms with van der Waals surface area (Å²) in [5, 5.41) is 2.45. The van der Waals surface area contributed by atoms with Gasteiger partial charge in [0.05, 0.1) is 16.5 Å². The summed E-state index contributed by atoms with van der Waals surface area (Å²) in [5.74, 6) is 0. The lowest BCUT2D eigenvalue weighted by Gasteiger charge is -2.27. The maximum Gasteiger partial charge on any atom is 0.417 e. The Bertz CT molecular complexity index is 1500. The first-order valence-electron chi connectivity index (χ1n) is 12.5. The molecular formula is C27H33F3N4O5S. The third-order valence-electron chi connectivity index (χ3n) is 6.69. The lowest BCUT2D eigenvalue weighted by Crippen LogP contribution is -2.34. The van der Waals surface area contributed by atoms with Gasteiger partial charge in [-0.1, -0.05) is 21.3 Å². The molecule has 1 saturated heterocycles. The number of halogens is 3. The smallest absolute Gasteiger partial charge is 0.417 e. The number of alkyl halides is 3. The molecule has 1 aliphatic heterocycles. The number of rotatable bonds is 8. The fraction of sp³-hybridized carbons (Fsp3) is 0.407. The molecule has 0 spiro atoms. The number of ether oxygens (including phenoxy) is 1. The fourth-order valence-electron chi connectivity index (χ4n) is 4.75. The van der Waals surface area contributed by atoms with Gasteiger partial charge in [-0.3, -0.25) is 10.1 Å². The summed E-state index contributed by atoms with van der Waals surface area (Å²) in [6.45, 7) is 4.74. The van der Waals surface area contributed by atoms with Crippen molar-refractivity contribution in [1.29, 1.82) is 0 Å². The van der Waals surface area contributed by atoms with Crippen LogP contribution in [0.5, 0.6) is 0 Å². The number of anilines is 2. The molecule has 0 aliphatic carbocycles. The topological polar surface area (TPSA) is 112 Å². The molecule has 40 heavy (non-hydrogen) atoms. The summed E-state index contributed by atoms with van der Waals surface area (Å²) in [4.78, 5) is 28.5. The van der Waals surface area contributed by atoms with Crippen molar-refractivity contribution >= 4 is 38.4 Å². The van der Waals surface area contributed by atoms with Crippen LogP contribution in [0.3, 0.4) is 0 Å². The zero-order chi connectivity index (χ0) is 28.4. The van der Waals surface area contributed by atoms with E-state index in [2.05, 4.69) is 10.3 Å². The monoisotopic (exact) mass is 582 g/mol. The van der Waals surface area contributed by atoms with Crippen LogP contribution in [-0.4, -0.2) is 56.1 Å². The Balaban J connectivity index is 0.00000441. The van der Waals surface area contributed by atoms with Crippen LogP contribution < -0.4 is 15.8 Å². The van der Waals surface area contributed by atoms with E-state index in [1.807, 2.05) is 4.90 Å². The molecule has 0 bridgehead atoms. The molecule has 1 atom stereocenters. The Labute approximate surface area is 231 Å². The Morgan fingerprint density at radius 2 is 1.80 bits per heavy atom. The van der Waals surface area contributed by atoms with Crippen molar-refractivity contribution in [2.24, 2.45) is 0 Å². The van der Waals surface area contributed by atoms with Gasteiger partial charge in [-0.2, -0.15) is 17.5 Å². The minimum absolute atomic E-state index is 0. The normalized spacial score (nSPS) is 15.8. The van der Waals surface area contributed by atoms with Crippen molar-refractivity contribution in [3.63, 3.8) is 0 Å². The highest BCUT2D eigenvalue weighted by atomic mass is 32.2. The van der Waals surface area contributed by atoms with E-state index in [1.165, 1.54) is 40.7 Å². The largest absolute Gasteiger partial charge is 0.447 e. The second-order valence-corrected chi connectivity index (χ2v) is 11.0. The number of pyridine rings is 1. The molecule has 2 heterocycles. The first kappa shape index (κ1) is 31.0. The lowest BCUT2D eigenvalue weighted by atomic mass is 10.1. The van der Waals surface area contributed by atoms with Crippen molar-refractivity contribution in [1.82, 2.24) is 9.29 Å². The first-order valence-corrected chi connectivity index (χ1v) is 13.9. The number of aromatic nitrogens is 1. The SMILES string of the molecule is C.CCN(CC)S(=O)(=O)c1ccc(NC(=O)OC[C@H]2CCCN2c2ccc3[nH]c(=O)cc(C(F)(F)F)c3c2)cc1. The third kappa shape index (κ3) is 6.58. The Hall–Kier alpha value is -3.58. The lowest BCUT2D eigenvalue weighted by molar-refractivity contribution is -0.136. The van der Waals surface area contributed by atoms with Crippen molar-refractivity contribution in [2.75, 3.05) is 36.5 Å². The summed E-state index contributed by atoms with van der Waals surface area (Å²) >= 11 is 0. The molecule has 1 amide bonds. The van der Waals surface area contributed by atoms with E-state index in [-0.39, 0.29) is 35.9 Å². The molecule has 218 valence electrons. The molecule has 0 radical (unpaired) electrons. The standard InChI is InChI=1S/C26H29F3N4O5S.CH4/c1-3-32(4-2)39(36,37)20-10-7-17(8-11-20)30-25(35)38-16-19-6-5-13-33(19)18-9-12-23-21(14-18)22(26(27,28)29)15-24(34)31-23;/h7-12,14-15,19H,3-6,13,16H2,1-2H3,(H,30,35)(H,31,34);1H4/t19-;/m1./s1. The van der Waals surface area contributed by atoms with E-state index in [9.17, 15) is 31.2 Å². The van der Waals surface area contributed by atoms with E-state index in [0.29, 0.717) is 43.5 Å². The van der Waals surface area contributed by atoms with Gasteiger partial charge in [0.15, 0.2) is 0 Å². The second kappa shape index (κ2) is 12.3. The number of amides is 1. The minimum Gasteiger partial charge on any atom is -0.447 e. The van der Waals surface area contributed by atoms with Crippen molar-refractivity contribution in [3.05, 3.63) is 64.4 Å². The zero-order valence-corrected chi connectivity index (χ0v) is 22.2. The van der Waals surface area contributed by atoms with Crippen LogP contribution in [-0.2, 0) is 20.9 Å². The van der Waals surface area contributed by atoms with Crippen molar-refractivity contribution in [2.45, 2.75) is 51.2 Å². The number of hydrogen-bond acceptors (Lipinski definition) is 6. The number of fused-ring (bicyclic) bond motifs is 1. The molecule has 0 saturated carbocycles. The van der Waals surface area contributed by atoms with Gasteiger partial charge in [-0.05, 0) is 55.3 Å². The molecule has 3 aromatic rings. The maximum absolute atomic E-state index is 13.6. The average Bonchev–Trinajstić information content (AvgIpc) is 3.36. The number of benzene rings is 2. The first-order chi connectivity index (χ1) is 18.4. The summed E-state index contributed by atoms with van der Waals surface area (Å²) in [6, 6.07) is 10.5. The molecule has 13 heteroatoms. The molecule has 2 aromatic carbocycles. The van der Waals surface area contributed by atoms with Gasteiger partial charge in [-0.25, -0.2) is 13.2 Å². The van der Waals surface area contributed by atoms with Crippen LogP contribution in [0.25, 0.3) is 10.9 Å². The van der Waals surface area contributed by atoms with Gasteiger partial charge in [0.1, 0.15) is 6.61 Å². The van der Waals surface area contributed by atoms with Crippen molar-refractivity contribution in [3.8, 4) is 0 Å². The zero-order valence-electron chi connectivity index (χ0n) is 21.4. The highest BCUT2D eigenvalue weighted by molar-refractivity contribution is 7.89. The minimum atomic E-state index is -4.69. The van der Waals surface area contributed by atoms with Gasteiger partial charge in [0.25, 0.3) is 0 Å². The number of aromatic amines is 1. The number of sulfonamides is 1. The highest BCUT2D eigenvalue weighted by Gasteiger charge is 2.34. The van der Waals surface area contributed by atoms with Crippen LogP contribution in [0.1, 0.15) is 39.7 Å². The Morgan fingerprint density at radius 3 is 2.42 bits per heavy atom. The molecule has 4 rings (SSSR count). The molecule has 0 unspecified atom stereocenters. The molecule has 1 aromatic heterocycles. The summed E-state index contributed by atoms with van der Waals surface area (Å²) in [5.41, 5.74) is -0.881. The third-order valence-corrected chi connectivity index (χ3v) is 8.76. The van der Waals surface area contributed by atoms with Crippen LogP contribution in [0.2, 0.25) is 0 Å². The number of carbonyl (C=O) groups excluding carboxylic acids is 1. The Kier molecular flexibility index (Phi) is 9.52. The fourth-order valence-corrected chi connectivity index (χ4v) is 6.21. The highest BCUT2D eigenvalue weighted by Crippen LogP contribution is 2.36. The van der Waals surface area contributed by atoms with E-state index < -0.39 is 33.4 Å². The molecule has 1 fully saturated rings. The number of H-pyrrole nitrogens is 1.